The van der Waals surface area contributed by atoms with Crippen molar-refractivity contribution in [2.75, 3.05) is 13.6 Å². The third kappa shape index (κ3) is 1.48. The minimum Gasteiger partial charge on any atom is -0.328 e. The number of piperidine rings is 1. The van der Waals surface area contributed by atoms with Crippen molar-refractivity contribution in [1.82, 2.24) is 9.80 Å². The number of likely N-dealkylation sites (N-methyl/N-ethyl adjacent to an activating group) is 1. The fraction of sp³-hybridized carbons (Fsp3) is 0.857. The van der Waals surface area contributed by atoms with E-state index in [1.807, 2.05) is 4.90 Å². The van der Waals surface area contributed by atoms with Gasteiger partial charge in [0, 0.05) is 6.04 Å². The lowest BCUT2D eigenvalue weighted by atomic mass is 9.90. The molecule has 0 saturated carbocycles. The second-order valence-electron chi connectivity index (χ2n) is 6.18. The summed E-state index contributed by atoms with van der Waals surface area (Å²) in [6.45, 7) is 2.64. The summed E-state index contributed by atoms with van der Waals surface area (Å²) in [6.07, 6.45) is 6.03. The summed E-state index contributed by atoms with van der Waals surface area (Å²) in [6, 6.07) is 0.158. The van der Waals surface area contributed by atoms with E-state index in [0.29, 0.717) is 6.04 Å². The molecule has 3 fully saturated rings. The van der Waals surface area contributed by atoms with Crippen LogP contribution in [0.2, 0.25) is 0 Å². The van der Waals surface area contributed by atoms with E-state index in [9.17, 15) is 9.59 Å². The summed E-state index contributed by atoms with van der Waals surface area (Å²) >= 11 is 0. The monoisotopic (exact) mass is 250 g/mol. The van der Waals surface area contributed by atoms with E-state index in [2.05, 4.69) is 11.9 Å². The molecule has 0 radical (unpaired) electrons. The summed E-state index contributed by atoms with van der Waals surface area (Å²) in [5, 5.41) is 0. The molecular weight excluding hydrogens is 228 g/mol. The number of carbonyl (C=O) groups is 2. The molecule has 0 bridgehead atoms. The van der Waals surface area contributed by atoms with Crippen LogP contribution >= 0.6 is 0 Å². The van der Waals surface area contributed by atoms with E-state index in [1.165, 1.54) is 0 Å². The molecule has 1 amide bonds. The Labute approximate surface area is 108 Å². The van der Waals surface area contributed by atoms with Crippen molar-refractivity contribution >= 4 is 11.7 Å². The van der Waals surface area contributed by atoms with Gasteiger partial charge in [-0.25, -0.2) is 0 Å². The fourth-order valence-corrected chi connectivity index (χ4v) is 4.25. The van der Waals surface area contributed by atoms with Gasteiger partial charge in [0.1, 0.15) is 5.54 Å². The third-order valence-electron chi connectivity index (χ3n) is 5.23. The highest BCUT2D eigenvalue weighted by molar-refractivity contribution is 5.94. The quantitative estimate of drug-likeness (QED) is 0.702. The average molecular weight is 250 g/mol. The Hall–Kier alpha value is -0.900. The zero-order valence-corrected chi connectivity index (χ0v) is 11.3. The van der Waals surface area contributed by atoms with E-state index in [4.69, 9.17) is 0 Å². The summed E-state index contributed by atoms with van der Waals surface area (Å²) < 4.78 is 0. The van der Waals surface area contributed by atoms with Crippen molar-refractivity contribution in [3.8, 4) is 0 Å². The molecule has 18 heavy (non-hydrogen) atoms. The van der Waals surface area contributed by atoms with Crippen molar-refractivity contribution in [2.24, 2.45) is 0 Å². The molecule has 3 aliphatic rings. The lowest BCUT2D eigenvalue weighted by Gasteiger charge is -2.36. The molecule has 0 aromatic carbocycles. The van der Waals surface area contributed by atoms with Crippen molar-refractivity contribution in [2.45, 2.75) is 63.1 Å². The summed E-state index contributed by atoms with van der Waals surface area (Å²) in [7, 11) is 2.06. The number of hydrogen-bond donors (Lipinski definition) is 0. The first-order valence-electron chi connectivity index (χ1n) is 7.11. The summed E-state index contributed by atoms with van der Waals surface area (Å²) in [5.41, 5.74) is -0.275. The minimum absolute atomic E-state index is 0.148. The van der Waals surface area contributed by atoms with Gasteiger partial charge < -0.3 is 4.90 Å². The maximum atomic E-state index is 12.8. The van der Waals surface area contributed by atoms with E-state index in [0.717, 1.165) is 45.1 Å². The van der Waals surface area contributed by atoms with Gasteiger partial charge in [-0.3, -0.25) is 14.5 Å². The molecule has 3 atom stereocenters. The highest BCUT2D eigenvalue weighted by Gasteiger charge is 2.58. The van der Waals surface area contributed by atoms with E-state index < -0.39 is 0 Å². The number of ketones is 1. The Morgan fingerprint density at radius 1 is 1.33 bits per heavy atom. The molecule has 0 N–H and O–H groups in total. The first-order chi connectivity index (χ1) is 8.56. The second kappa shape index (κ2) is 4.05. The second-order valence-corrected chi connectivity index (χ2v) is 6.18. The molecule has 3 heterocycles. The zero-order valence-electron chi connectivity index (χ0n) is 11.3. The molecule has 0 aromatic rings. The van der Waals surface area contributed by atoms with E-state index in [-0.39, 0.29) is 23.3 Å². The lowest BCUT2D eigenvalue weighted by molar-refractivity contribution is -0.144. The van der Waals surface area contributed by atoms with Crippen LogP contribution in [-0.2, 0) is 9.59 Å². The highest BCUT2D eigenvalue weighted by atomic mass is 16.2. The van der Waals surface area contributed by atoms with Crippen LogP contribution in [-0.4, -0.2) is 52.7 Å². The average Bonchev–Trinajstić information content (AvgIpc) is 2.83. The molecule has 0 aromatic heterocycles. The van der Waals surface area contributed by atoms with E-state index in [1.54, 1.807) is 6.92 Å². The van der Waals surface area contributed by atoms with Crippen molar-refractivity contribution in [1.29, 1.82) is 0 Å². The maximum Gasteiger partial charge on any atom is 0.244 e. The van der Waals surface area contributed by atoms with Crippen LogP contribution in [0.5, 0.6) is 0 Å². The number of nitrogens with zero attached hydrogens (tertiary/aromatic N) is 2. The Kier molecular flexibility index (Phi) is 2.73. The van der Waals surface area contributed by atoms with Gasteiger partial charge in [0.25, 0.3) is 0 Å². The topological polar surface area (TPSA) is 40.6 Å². The standard InChI is InChI=1S/C14H22N2O2/c1-10(17)12-6-3-5-11-9-14(13(18)16(11)12)7-4-8-15(14)2/h11-12H,3-9H2,1-2H3. The van der Waals surface area contributed by atoms with Crippen LogP contribution in [0.1, 0.15) is 45.4 Å². The molecule has 1 spiro atoms. The first-order valence-corrected chi connectivity index (χ1v) is 7.11. The lowest BCUT2D eigenvalue weighted by Crippen LogP contribution is -2.53. The van der Waals surface area contributed by atoms with Crippen LogP contribution in [0, 0.1) is 0 Å². The first kappa shape index (κ1) is 12.2. The molecule has 4 heteroatoms. The predicted octanol–water partition coefficient (Wildman–Crippen LogP) is 1.19. The number of hydrogen-bond acceptors (Lipinski definition) is 3. The normalized spacial score (nSPS) is 40.6. The Bertz CT molecular complexity index is 395. The van der Waals surface area contributed by atoms with Gasteiger partial charge in [-0.15, -0.1) is 0 Å². The molecule has 0 aliphatic carbocycles. The van der Waals surface area contributed by atoms with Crippen molar-refractivity contribution in [3.63, 3.8) is 0 Å². The van der Waals surface area contributed by atoms with Crippen LogP contribution in [0.15, 0.2) is 0 Å². The van der Waals surface area contributed by atoms with Crippen molar-refractivity contribution in [3.05, 3.63) is 0 Å². The molecule has 3 saturated heterocycles. The Morgan fingerprint density at radius 2 is 2.11 bits per heavy atom. The van der Waals surface area contributed by atoms with Gasteiger partial charge in [0.2, 0.25) is 5.91 Å². The molecule has 3 unspecified atom stereocenters. The summed E-state index contributed by atoms with van der Waals surface area (Å²) in [5.74, 6) is 0.387. The number of rotatable bonds is 1. The molecule has 3 rings (SSSR count). The number of carbonyl (C=O) groups excluding carboxylic acids is 2. The molecule has 3 aliphatic heterocycles. The third-order valence-corrected chi connectivity index (χ3v) is 5.23. The molecular formula is C14H22N2O2. The Morgan fingerprint density at radius 3 is 2.72 bits per heavy atom. The predicted molar refractivity (Wildman–Crippen MR) is 68.2 cm³/mol. The van der Waals surface area contributed by atoms with Gasteiger partial charge in [-0.1, -0.05) is 0 Å². The number of amides is 1. The fourth-order valence-electron chi connectivity index (χ4n) is 4.25. The van der Waals surface area contributed by atoms with Crippen LogP contribution in [0.3, 0.4) is 0 Å². The smallest absolute Gasteiger partial charge is 0.244 e. The number of Topliss-reactive ketones (excluding diaryl/α,β-unsaturated/α-hetero) is 1. The van der Waals surface area contributed by atoms with E-state index >= 15 is 0 Å². The minimum atomic E-state index is -0.275. The van der Waals surface area contributed by atoms with Gasteiger partial charge in [0.15, 0.2) is 5.78 Å². The molecule has 100 valence electrons. The number of likely N-dealkylation sites (tertiary alicyclic amines) is 1. The largest absolute Gasteiger partial charge is 0.328 e. The maximum absolute atomic E-state index is 12.8. The van der Waals surface area contributed by atoms with Crippen molar-refractivity contribution < 1.29 is 9.59 Å². The van der Waals surface area contributed by atoms with Crippen LogP contribution in [0.4, 0.5) is 0 Å². The highest BCUT2D eigenvalue weighted by Crippen LogP contribution is 2.45. The van der Waals surface area contributed by atoms with Crippen LogP contribution < -0.4 is 0 Å². The molecule has 4 nitrogen and oxygen atoms in total. The number of fused-ring (bicyclic) bond motifs is 1. The van der Waals surface area contributed by atoms with Gasteiger partial charge in [0.05, 0.1) is 6.04 Å². The Balaban J connectivity index is 1.93. The van der Waals surface area contributed by atoms with Gasteiger partial charge >= 0.3 is 0 Å². The van der Waals surface area contributed by atoms with Gasteiger partial charge in [-0.05, 0) is 59.0 Å². The SMILES string of the molecule is CC(=O)C1CCCC2CC3(CCCN3C)C(=O)N21. The van der Waals surface area contributed by atoms with Gasteiger partial charge in [-0.2, -0.15) is 0 Å². The zero-order chi connectivity index (χ0) is 12.9. The van der Waals surface area contributed by atoms with Crippen LogP contribution in [0.25, 0.3) is 0 Å². The summed E-state index contributed by atoms with van der Waals surface area (Å²) in [4.78, 5) is 28.8.